The van der Waals surface area contributed by atoms with Crippen LogP contribution in [0.1, 0.15) is 30.4 Å². The first-order chi connectivity index (χ1) is 32.6. The number of H-pyrrole nitrogens is 2. The fraction of sp³-hybridized carbons (Fsp3) is 0.455. The third-order valence-corrected chi connectivity index (χ3v) is 12.9. The number of aromatic amines is 2. The number of rotatable bonds is 25. The Morgan fingerprint density at radius 2 is 1.16 bits per heavy atom. The number of hydrogen-bond acceptors (Lipinski definition) is 14. The van der Waals surface area contributed by atoms with Gasteiger partial charge in [0.05, 0.1) is 19.3 Å². The van der Waals surface area contributed by atoms with E-state index in [0.29, 0.717) is 29.7 Å². The van der Waals surface area contributed by atoms with E-state index < -0.39 is 109 Å². The molecule has 2 aromatic heterocycles. The number of amides is 7. The number of aliphatic hydroxyl groups is 2. The van der Waals surface area contributed by atoms with E-state index in [9.17, 15) is 53.7 Å². The number of para-hydroxylation sites is 2. The Morgan fingerprint density at radius 3 is 1.71 bits per heavy atom. The molecule has 368 valence electrons. The Labute approximate surface area is 406 Å². The Balaban J connectivity index is 1.23. The summed E-state index contributed by atoms with van der Waals surface area (Å²) in [7, 11) is 0. The number of aliphatic carboxylic acids is 1. The molecule has 8 atom stereocenters. The van der Waals surface area contributed by atoms with Crippen molar-refractivity contribution in [2.45, 2.75) is 80.4 Å². The molecule has 2 aromatic carbocycles. The molecule has 5 rings (SSSR count). The van der Waals surface area contributed by atoms with Gasteiger partial charge in [-0.1, -0.05) is 36.4 Å². The number of thiol groups is 2. The minimum Gasteiger partial charge on any atom is -0.480 e. The first kappa shape index (κ1) is 53.2. The monoisotopic (exact) mass is 998 g/mol. The van der Waals surface area contributed by atoms with Crippen molar-refractivity contribution in [3.8, 4) is 0 Å². The van der Waals surface area contributed by atoms with Crippen molar-refractivity contribution >= 4 is 106 Å². The number of carboxylic acid groups (broad SMARTS) is 1. The van der Waals surface area contributed by atoms with Crippen LogP contribution >= 0.6 is 37.0 Å². The molecule has 13 N–H and O–H groups in total. The molecule has 0 bridgehead atoms. The largest absolute Gasteiger partial charge is 0.480 e. The summed E-state index contributed by atoms with van der Waals surface area (Å²) >= 11 is 9.93. The Bertz CT molecular complexity index is 2440. The number of carbonyl (C=O) groups is 8. The summed E-state index contributed by atoms with van der Waals surface area (Å²) in [5, 5.41) is 46.8. The highest BCUT2D eigenvalue weighted by atomic mass is 32.2. The Morgan fingerprint density at radius 1 is 0.691 bits per heavy atom. The van der Waals surface area contributed by atoms with Crippen LogP contribution in [0.5, 0.6) is 0 Å². The number of benzene rings is 2. The number of nitrogens with two attached hydrogens (primary N) is 1. The van der Waals surface area contributed by atoms with E-state index >= 15 is 0 Å². The third kappa shape index (κ3) is 13.7. The van der Waals surface area contributed by atoms with E-state index in [1.165, 1.54) is 11.8 Å². The van der Waals surface area contributed by atoms with Gasteiger partial charge < -0.3 is 67.8 Å². The summed E-state index contributed by atoms with van der Waals surface area (Å²) in [6.45, 7) is -1.68. The number of hydrogen-bond donors (Lipinski definition) is 14. The number of fused-ring (bicyclic) bond motifs is 2. The van der Waals surface area contributed by atoms with Crippen molar-refractivity contribution in [3.63, 3.8) is 0 Å². The zero-order chi connectivity index (χ0) is 49.5. The van der Waals surface area contributed by atoms with Crippen molar-refractivity contribution in [1.82, 2.24) is 46.8 Å². The number of likely N-dealkylation sites (tertiary alicyclic amines) is 1. The number of thioether (sulfide) groups is 1. The van der Waals surface area contributed by atoms with Crippen LogP contribution in [-0.2, 0) is 51.2 Å². The topological polar surface area (TPSA) is 330 Å². The molecule has 3 heterocycles. The molecule has 1 saturated heterocycles. The van der Waals surface area contributed by atoms with Crippen LogP contribution < -0.4 is 37.6 Å². The van der Waals surface area contributed by atoms with Crippen molar-refractivity contribution in [1.29, 1.82) is 0 Å². The molecule has 0 radical (unpaired) electrons. The van der Waals surface area contributed by atoms with E-state index in [-0.39, 0.29) is 37.3 Å². The average Bonchev–Trinajstić information content (AvgIpc) is 4.11. The summed E-state index contributed by atoms with van der Waals surface area (Å²) in [4.78, 5) is 114. The van der Waals surface area contributed by atoms with Gasteiger partial charge in [-0.2, -0.15) is 37.0 Å². The summed E-state index contributed by atoms with van der Waals surface area (Å²) in [6, 6.07) is 3.82. The minimum absolute atomic E-state index is 0.0493. The molecular formula is C44H58N10O11S3. The summed E-state index contributed by atoms with van der Waals surface area (Å²) in [5.74, 6) is -7.06. The predicted octanol–water partition coefficient (Wildman–Crippen LogP) is -1.66. The molecule has 1 aliphatic rings. The summed E-state index contributed by atoms with van der Waals surface area (Å²) in [6.07, 6.45) is 5.80. The number of carbonyl (C=O) groups excluding carboxylic acids is 7. The lowest BCUT2D eigenvalue weighted by Gasteiger charge is -2.30. The molecule has 0 aliphatic carbocycles. The van der Waals surface area contributed by atoms with Crippen molar-refractivity contribution in [2.75, 3.05) is 43.3 Å². The van der Waals surface area contributed by atoms with Gasteiger partial charge in [-0.25, -0.2) is 4.79 Å². The standard InChI is InChI=1S/C44H58N10O11S3/c1-68-14-12-27(45)37(57)50-32(19-55)39(59)48-30(15-23-17-46-28-9-4-2-7-25(23)28)38(58)52-34(21-66)41(61)51-33(20-56)43(63)54-13-6-11-36(54)42(62)53-35(22-67)40(60)49-31(44(64)65)16-24-18-47-29-10-5-3-8-26(24)29/h2-5,7-10,17-18,27,30-36,46-47,55-56,66-67H,6,11-16,19-22,45H2,1H3,(H,48,59)(H,49,60)(H,50,57)(H,51,61)(H,52,58)(H,53,62)(H,64,65)/t27-,30-,31-,32-,33-,34-,35-,36-/m0/s1. The first-order valence-electron chi connectivity index (χ1n) is 21.8. The molecule has 0 spiro atoms. The van der Waals surface area contributed by atoms with Gasteiger partial charge in [-0.15, -0.1) is 0 Å². The van der Waals surface area contributed by atoms with Crippen LogP contribution in [0.2, 0.25) is 0 Å². The van der Waals surface area contributed by atoms with Gasteiger partial charge >= 0.3 is 5.97 Å². The number of aromatic nitrogens is 2. The fourth-order valence-corrected chi connectivity index (χ4v) is 8.74. The molecular weight excluding hydrogens is 941 g/mol. The number of aliphatic hydroxyl groups excluding tert-OH is 2. The molecule has 24 heteroatoms. The Hall–Kier alpha value is -5.79. The summed E-state index contributed by atoms with van der Waals surface area (Å²) in [5.41, 5.74) is 8.75. The summed E-state index contributed by atoms with van der Waals surface area (Å²) < 4.78 is 0. The molecule has 0 saturated carbocycles. The van der Waals surface area contributed by atoms with Gasteiger partial charge in [0.2, 0.25) is 41.4 Å². The molecule has 7 amide bonds. The highest BCUT2D eigenvalue weighted by Crippen LogP contribution is 2.22. The lowest BCUT2D eigenvalue weighted by Crippen LogP contribution is -2.61. The quantitative estimate of drug-likeness (QED) is 0.0332. The van der Waals surface area contributed by atoms with E-state index in [1.807, 2.05) is 30.5 Å². The van der Waals surface area contributed by atoms with Crippen LogP contribution in [-0.4, -0.2) is 169 Å². The van der Waals surface area contributed by atoms with E-state index in [4.69, 9.17) is 5.73 Å². The maximum Gasteiger partial charge on any atom is 0.326 e. The second-order valence-corrected chi connectivity index (χ2v) is 17.9. The molecule has 68 heavy (non-hydrogen) atoms. The zero-order valence-electron chi connectivity index (χ0n) is 37.1. The first-order valence-corrected chi connectivity index (χ1v) is 24.4. The molecule has 1 aliphatic heterocycles. The smallest absolute Gasteiger partial charge is 0.326 e. The number of nitrogens with zero attached hydrogens (tertiary/aromatic N) is 1. The molecule has 0 unspecified atom stereocenters. The van der Waals surface area contributed by atoms with E-state index in [1.54, 1.807) is 36.7 Å². The second-order valence-electron chi connectivity index (χ2n) is 16.1. The number of carboxylic acids is 1. The normalized spacial score (nSPS) is 16.7. The van der Waals surface area contributed by atoms with E-state index in [0.717, 1.165) is 26.7 Å². The van der Waals surface area contributed by atoms with Crippen molar-refractivity contribution in [3.05, 3.63) is 72.1 Å². The van der Waals surface area contributed by atoms with Crippen LogP contribution in [0.25, 0.3) is 21.8 Å². The Kier molecular flexibility index (Phi) is 20.0. The van der Waals surface area contributed by atoms with Gasteiger partial charge in [-0.05, 0) is 54.5 Å². The van der Waals surface area contributed by atoms with Gasteiger partial charge in [0.25, 0.3) is 0 Å². The van der Waals surface area contributed by atoms with Gasteiger partial charge in [0.1, 0.15) is 42.3 Å². The van der Waals surface area contributed by atoms with Gasteiger partial charge in [0.15, 0.2) is 0 Å². The maximum atomic E-state index is 14.0. The molecule has 21 nitrogen and oxygen atoms in total. The number of nitrogens with one attached hydrogen (secondary N) is 8. The molecule has 1 fully saturated rings. The lowest BCUT2D eigenvalue weighted by atomic mass is 10.0. The second kappa shape index (κ2) is 25.5. The van der Waals surface area contributed by atoms with Crippen LogP contribution in [0, 0.1) is 0 Å². The average molecular weight is 999 g/mol. The zero-order valence-corrected chi connectivity index (χ0v) is 39.7. The van der Waals surface area contributed by atoms with Crippen LogP contribution in [0.3, 0.4) is 0 Å². The highest BCUT2D eigenvalue weighted by Gasteiger charge is 2.40. The van der Waals surface area contributed by atoms with Crippen LogP contribution in [0.4, 0.5) is 0 Å². The van der Waals surface area contributed by atoms with Gasteiger partial charge in [0, 0.05) is 65.1 Å². The van der Waals surface area contributed by atoms with Crippen molar-refractivity contribution < 1.29 is 53.7 Å². The predicted molar refractivity (Wildman–Crippen MR) is 261 cm³/mol. The SMILES string of the molecule is CSCC[C@H](N)C(=O)N[C@@H](CO)C(=O)N[C@@H](Cc1c[nH]c2ccccc12)C(=O)N[C@@H](CS)C(=O)N[C@@H](CO)C(=O)N1CCC[C@H]1C(=O)N[C@@H](CS)C(=O)N[C@@H](Cc1c[nH]c2ccccc12)C(=O)O. The molecule has 4 aromatic rings. The highest BCUT2D eigenvalue weighted by molar-refractivity contribution is 7.98. The lowest BCUT2D eigenvalue weighted by molar-refractivity contribution is -0.144. The van der Waals surface area contributed by atoms with Crippen molar-refractivity contribution in [2.24, 2.45) is 5.73 Å². The van der Waals surface area contributed by atoms with Gasteiger partial charge in [-0.3, -0.25) is 33.6 Å². The maximum absolute atomic E-state index is 14.0. The van der Waals surface area contributed by atoms with Crippen LogP contribution in [0.15, 0.2) is 60.9 Å². The third-order valence-electron chi connectivity index (χ3n) is 11.5. The fourth-order valence-electron chi connectivity index (χ4n) is 7.73. The minimum atomic E-state index is -1.60. The van der Waals surface area contributed by atoms with E-state index in [2.05, 4.69) is 67.1 Å².